The van der Waals surface area contributed by atoms with E-state index in [1.807, 2.05) is 0 Å². The summed E-state index contributed by atoms with van der Waals surface area (Å²) in [6.07, 6.45) is 0. The van der Waals surface area contributed by atoms with Crippen molar-refractivity contribution < 1.29 is 4.74 Å². The molecule has 0 saturated carbocycles. The van der Waals surface area contributed by atoms with Crippen molar-refractivity contribution in [3.63, 3.8) is 0 Å². The van der Waals surface area contributed by atoms with Crippen LogP contribution in [-0.2, 0) is 4.74 Å². The van der Waals surface area contributed by atoms with E-state index in [9.17, 15) is 0 Å². The lowest BCUT2D eigenvalue weighted by molar-refractivity contribution is 0.109. The molecule has 14 heavy (non-hydrogen) atoms. The third-order valence-corrected chi connectivity index (χ3v) is 2.02. The molecule has 1 N–H and O–H groups in total. The topological polar surface area (TPSA) is 21.3 Å². The first-order valence-corrected chi connectivity index (χ1v) is 5.11. The second-order valence-electron chi connectivity index (χ2n) is 3.52. The minimum Gasteiger partial charge on any atom is -0.379 e. The average Bonchev–Trinajstić information content (AvgIpc) is 2.21. The fourth-order valence-electron chi connectivity index (χ4n) is 1.32. The molecule has 1 aromatic carbocycles. The SMILES string of the molecule is C1COCCN1.Cc1cccc(C)c1. The lowest BCUT2D eigenvalue weighted by Crippen LogP contribution is -2.30. The Morgan fingerprint density at radius 1 is 1.07 bits per heavy atom. The fraction of sp³-hybridized carbons (Fsp3) is 0.500. The smallest absolute Gasteiger partial charge is 0.0591 e. The molecule has 0 atom stereocenters. The van der Waals surface area contributed by atoms with Gasteiger partial charge in [0.2, 0.25) is 0 Å². The minimum absolute atomic E-state index is 0.889. The third-order valence-electron chi connectivity index (χ3n) is 2.02. The van der Waals surface area contributed by atoms with Crippen LogP contribution in [0.25, 0.3) is 0 Å². The van der Waals surface area contributed by atoms with E-state index in [1.54, 1.807) is 0 Å². The summed E-state index contributed by atoms with van der Waals surface area (Å²) in [6.45, 7) is 8.04. The molecule has 2 heteroatoms. The molecule has 1 aliphatic rings. The van der Waals surface area contributed by atoms with Crippen molar-refractivity contribution in [1.29, 1.82) is 0 Å². The first-order chi connectivity index (χ1) is 6.79. The zero-order valence-electron chi connectivity index (χ0n) is 9.05. The highest BCUT2D eigenvalue weighted by Gasteiger charge is 1.92. The Morgan fingerprint density at radius 2 is 1.64 bits per heavy atom. The highest BCUT2D eigenvalue weighted by molar-refractivity contribution is 5.20. The summed E-state index contributed by atoms with van der Waals surface area (Å²) < 4.78 is 5.01. The molecule has 1 aliphatic heterocycles. The van der Waals surface area contributed by atoms with Crippen LogP contribution >= 0.6 is 0 Å². The van der Waals surface area contributed by atoms with Gasteiger partial charge in [-0.25, -0.2) is 0 Å². The summed E-state index contributed by atoms with van der Waals surface area (Å²) in [7, 11) is 0. The van der Waals surface area contributed by atoms with E-state index in [0.717, 1.165) is 26.3 Å². The number of rotatable bonds is 0. The summed E-state index contributed by atoms with van der Waals surface area (Å²) in [4.78, 5) is 0. The largest absolute Gasteiger partial charge is 0.379 e. The molecule has 1 saturated heterocycles. The van der Waals surface area contributed by atoms with Gasteiger partial charge < -0.3 is 10.1 Å². The van der Waals surface area contributed by atoms with E-state index in [2.05, 4.69) is 43.4 Å². The Labute approximate surface area is 86.3 Å². The Balaban J connectivity index is 0.000000146. The van der Waals surface area contributed by atoms with E-state index < -0.39 is 0 Å². The van der Waals surface area contributed by atoms with E-state index in [0.29, 0.717) is 0 Å². The number of hydrogen-bond acceptors (Lipinski definition) is 2. The molecule has 1 heterocycles. The predicted molar refractivity (Wildman–Crippen MR) is 59.6 cm³/mol. The lowest BCUT2D eigenvalue weighted by Gasteiger charge is -2.10. The maximum atomic E-state index is 5.01. The van der Waals surface area contributed by atoms with E-state index in [1.165, 1.54) is 11.1 Å². The van der Waals surface area contributed by atoms with Crippen LogP contribution in [0.2, 0.25) is 0 Å². The van der Waals surface area contributed by atoms with Gasteiger partial charge in [0.15, 0.2) is 0 Å². The molecule has 0 bridgehead atoms. The molecule has 0 unspecified atom stereocenters. The number of aryl methyl sites for hydroxylation is 2. The minimum atomic E-state index is 0.889. The van der Waals surface area contributed by atoms with Gasteiger partial charge in [0.1, 0.15) is 0 Å². The van der Waals surface area contributed by atoms with Crippen LogP contribution in [0.1, 0.15) is 11.1 Å². The van der Waals surface area contributed by atoms with Gasteiger partial charge in [-0.2, -0.15) is 0 Å². The standard InChI is InChI=1S/C8H10.C4H9NO/c1-7-4-3-5-8(2)6-7;1-3-6-4-2-5-1/h3-6H,1-2H3;5H,1-4H2. The highest BCUT2D eigenvalue weighted by atomic mass is 16.5. The van der Waals surface area contributed by atoms with Crippen molar-refractivity contribution in [2.24, 2.45) is 0 Å². The van der Waals surface area contributed by atoms with Crippen molar-refractivity contribution in [3.8, 4) is 0 Å². The normalized spacial score (nSPS) is 15.6. The van der Waals surface area contributed by atoms with Gasteiger partial charge in [-0.15, -0.1) is 0 Å². The number of morpholine rings is 1. The average molecular weight is 193 g/mol. The number of ether oxygens (including phenoxy) is 1. The molecule has 1 aromatic rings. The van der Waals surface area contributed by atoms with Crippen LogP contribution in [0.3, 0.4) is 0 Å². The Morgan fingerprint density at radius 3 is 1.86 bits per heavy atom. The third kappa shape index (κ3) is 5.00. The Hall–Kier alpha value is -0.860. The molecule has 0 aliphatic carbocycles. The first-order valence-electron chi connectivity index (χ1n) is 5.11. The van der Waals surface area contributed by atoms with Gasteiger partial charge in [0.25, 0.3) is 0 Å². The predicted octanol–water partition coefficient (Wildman–Crippen LogP) is 1.91. The fourth-order valence-corrected chi connectivity index (χ4v) is 1.32. The van der Waals surface area contributed by atoms with E-state index in [4.69, 9.17) is 4.74 Å². The molecular weight excluding hydrogens is 174 g/mol. The summed E-state index contributed by atoms with van der Waals surface area (Å²) in [5.41, 5.74) is 2.68. The van der Waals surface area contributed by atoms with Crippen LogP contribution in [-0.4, -0.2) is 26.3 Å². The summed E-state index contributed by atoms with van der Waals surface area (Å²) in [5, 5.41) is 3.16. The first kappa shape index (κ1) is 11.2. The van der Waals surface area contributed by atoms with Crippen molar-refractivity contribution in [1.82, 2.24) is 5.32 Å². The summed E-state index contributed by atoms with van der Waals surface area (Å²) >= 11 is 0. The number of benzene rings is 1. The molecule has 2 nitrogen and oxygen atoms in total. The number of hydrogen-bond donors (Lipinski definition) is 1. The Bertz CT molecular complexity index is 227. The van der Waals surface area contributed by atoms with Gasteiger partial charge in [0, 0.05) is 13.1 Å². The van der Waals surface area contributed by atoms with Gasteiger partial charge in [-0.1, -0.05) is 35.4 Å². The Kier molecular flexibility index (Phi) is 5.27. The molecule has 2 rings (SSSR count). The van der Waals surface area contributed by atoms with Crippen LogP contribution < -0.4 is 5.32 Å². The van der Waals surface area contributed by atoms with Crippen molar-refractivity contribution in [3.05, 3.63) is 35.4 Å². The van der Waals surface area contributed by atoms with Gasteiger partial charge in [-0.3, -0.25) is 0 Å². The van der Waals surface area contributed by atoms with Crippen LogP contribution in [0, 0.1) is 13.8 Å². The molecule has 0 amide bonds. The van der Waals surface area contributed by atoms with Crippen molar-refractivity contribution >= 4 is 0 Å². The summed E-state index contributed by atoms with van der Waals surface area (Å²) in [6, 6.07) is 8.45. The zero-order chi connectivity index (χ0) is 10.2. The maximum Gasteiger partial charge on any atom is 0.0591 e. The zero-order valence-corrected chi connectivity index (χ0v) is 9.05. The number of nitrogens with one attached hydrogen (secondary N) is 1. The van der Waals surface area contributed by atoms with Gasteiger partial charge in [-0.05, 0) is 13.8 Å². The van der Waals surface area contributed by atoms with E-state index >= 15 is 0 Å². The molecule has 0 aromatic heterocycles. The van der Waals surface area contributed by atoms with Crippen LogP contribution in [0.15, 0.2) is 24.3 Å². The highest BCUT2D eigenvalue weighted by Crippen LogP contribution is 2.00. The van der Waals surface area contributed by atoms with E-state index in [-0.39, 0.29) is 0 Å². The molecule has 0 spiro atoms. The van der Waals surface area contributed by atoms with Gasteiger partial charge >= 0.3 is 0 Å². The second kappa shape index (κ2) is 6.57. The second-order valence-corrected chi connectivity index (χ2v) is 3.52. The molecule has 1 fully saturated rings. The van der Waals surface area contributed by atoms with Crippen LogP contribution in [0.4, 0.5) is 0 Å². The van der Waals surface area contributed by atoms with Crippen LogP contribution in [0.5, 0.6) is 0 Å². The molecular formula is C12H19NO. The quantitative estimate of drug-likeness (QED) is 0.679. The monoisotopic (exact) mass is 193 g/mol. The lowest BCUT2D eigenvalue weighted by atomic mass is 10.2. The summed E-state index contributed by atoms with van der Waals surface area (Å²) in [5.74, 6) is 0. The van der Waals surface area contributed by atoms with Crippen molar-refractivity contribution in [2.75, 3.05) is 26.3 Å². The molecule has 78 valence electrons. The molecule has 0 radical (unpaired) electrons. The maximum absolute atomic E-state index is 5.01. The van der Waals surface area contributed by atoms with Gasteiger partial charge in [0.05, 0.1) is 13.2 Å². The van der Waals surface area contributed by atoms with Crippen molar-refractivity contribution in [2.45, 2.75) is 13.8 Å².